The SMILES string of the molecule is CC(O)c1nnc(Nc2ccc3ncc(-c4cnn(CCCN5CCCC5)c4)cc3n2)s1. The summed E-state index contributed by atoms with van der Waals surface area (Å²) in [7, 11) is 0. The largest absolute Gasteiger partial charge is 0.386 e. The number of likely N-dealkylation sites (tertiary alicyclic amines) is 1. The van der Waals surface area contributed by atoms with Gasteiger partial charge in [-0.05, 0) is 64.0 Å². The van der Waals surface area contributed by atoms with Gasteiger partial charge in [0, 0.05) is 30.1 Å². The first-order valence-corrected chi connectivity index (χ1v) is 11.8. The molecule has 0 aliphatic carbocycles. The molecule has 2 N–H and O–H groups in total. The lowest BCUT2D eigenvalue weighted by Crippen LogP contribution is -2.21. The van der Waals surface area contributed by atoms with Gasteiger partial charge in [0.05, 0.1) is 17.2 Å². The number of nitrogens with one attached hydrogen (secondary N) is 1. The fourth-order valence-electron chi connectivity index (χ4n) is 3.90. The Balaban J connectivity index is 1.28. The second-order valence-corrected chi connectivity index (χ2v) is 9.11. The van der Waals surface area contributed by atoms with E-state index in [0.717, 1.165) is 41.7 Å². The minimum Gasteiger partial charge on any atom is -0.386 e. The lowest BCUT2D eigenvalue weighted by molar-refractivity contribution is 0.198. The van der Waals surface area contributed by atoms with E-state index in [9.17, 15) is 5.11 Å². The Labute approximate surface area is 190 Å². The molecule has 0 aromatic carbocycles. The summed E-state index contributed by atoms with van der Waals surface area (Å²) in [6.45, 7) is 6.19. The van der Waals surface area contributed by atoms with E-state index in [2.05, 4.69) is 41.7 Å². The topological polar surface area (TPSA) is 105 Å². The number of aliphatic hydroxyl groups excluding tert-OH is 1. The zero-order chi connectivity index (χ0) is 21.9. The monoisotopic (exact) mass is 450 g/mol. The number of nitrogens with zero attached hydrogens (tertiary/aromatic N) is 7. The van der Waals surface area contributed by atoms with Crippen LogP contribution < -0.4 is 5.32 Å². The number of aryl methyl sites for hydroxylation is 1. The highest BCUT2D eigenvalue weighted by Gasteiger charge is 2.12. The highest BCUT2D eigenvalue weighted by Crippen LogP contribution is 2.26. The number of aromatic nitrogens is 6. The zero-order valence-corrected chi connectivity index (χ0v) is 18.8. The summed E-state index contributed by atoms with van der Waals surface area (Å²) in [5.41, 5.74) is 3.63. The average Bonchev–Trinajstić information content (AvgIpc) is 3.56. The van der Waals surface area contributed by atoms with E-state index in [1.165, 1.54) is 37.3 Å². The van der Waals surface area contributed by atoms with Crippen LogP contribution in [0.3, 0.4) is 0 Å². The van der Waals surface area contributed by atoms with Crippen LogP contribution in [0.4, 0.5) is 10.9 Å². The summed E-state index contributed by atoms with van der Waals surface area (Å²) < 4.78 is 2.01. The molecule has 1 fully saturated rings. The van der Waals surface area contributed by atoms with Crippen LogP contribution in [-0.2, 0) is 6.54 Å². The van der Waals surface area contributed by atoms with Gasteiger partial charge in [0.1, 0.15) is 16.9 Å². The van der Waals surface area contributed by atoms with Crippen molar-refractivity contribution in [1.82, 2.24) is 34.8 Å². The maximum atomic E-state index is 9.63. The molecule has 0 radical (unpaired) electrons. The highest BCUT2D eigenvalue weighted by atomic mass is 32.1. The van der Waals surface area contributed by atoms with E-state index >= 15 is 0 Å². The molecule has 32 heavy (non-hydrogen) atoms. The van der Waals surface area contributed by atoms with E-state index in [-0.39, 0.29) is 0 Å². The van der Waals surface area contributed by atoms with Crippen LogP contribution in [0.5, 0.6) is 0 Å². The van der Waals surface area contributed by atoms with Crippen LogP contribution in [-0.4, -0.2) is 59.6 Å². The van der Waals surface area contributed by atoms with Crippen LogP contribution in [0.25, 0.3) is 22.2 Å². The molecule has 0 bridgehead atoms. The molecule has 1 unspecified atom stereocenters. The molecule has 1 saturated heterocycles. The third-order valence-corrected chi connectivity index (χ3v) is 6.61. The maximum Gasteiger partial charge on any atom is 0.211 e. The summed E-state index contributed by atoms with van der Waals surface area (Å²) in [6.07, 6.45) is 8.96. The molecule has 166 valence electrons. The molecule has 1 atom stereocenters. The van der Waals surface area contributed by atoms with Crippen LogP contribution in [0.15, 0.2) is 36.8 Å². The molecule has 5 heterocycles. The average molecular weight is 451 g/mol. The first-order chi connectivity index (χ1) is 15.6. The molecule has 0 spiro atoms. The molecule has 1 aliphatic heterocycles. The van der Waals surface area contributed by atoms with Gasteiger partial charge in [0.25, 0.3) is 0 Å². The molecular weight excluding hydrogens is 424 g/mol. The molecule has 10 heteroatoms. The summed E-state index contributed by atoms with van der Waals surface area (Å²) in [5, 5.41) is 26.5. The van der Waals surface area contributed by atoms with Gasteiger partial charge in [-0.25, -0.2) is 4.98 Å². The Hall–Kier alpha value is -2.95. The molecule has 0 amide bonds. The summed E-state index contributed by atoms with van der Waals surface area (Å²) >= 11 is 1.31. The van der Waals surface area contributed by atoms with Gasteiger partial charge in [0.2, 0.25) is 5.13 Å². The minimum absolute atomic E-state index is 0.565. The Morgan fingerprint density at radius 3 is 2.78 bits per heavy atom. The Bertz CT molecular complexity index is 1200. The van der Waals surface area contributed by atoms with Crippen molar-refractivity contribution in [3.63, 3.8) is 0 Å². The number of rotatable bonds is 8. The number of aliphatic hydroxyl groups is 1. The normalized spacial score (nSPS) is 15.4. The van der Waals surface area contributed by atoms with E-state index in [0.29, 0.717) is 16.0 Å². The van der Waals surface area contributed by atoms with Crippen molar-refractivity contribution in [3.8, 4) is 11.1 Å². The summed E-state index contributed by atoms with van der Waals surface area (Å²) in [5.74, 6) is 0.655. The van der Waals surface area contributed by atoms with Crippen LogP contribution in [0.1, 0.15) is 37.3 Å². The fraction of sp³-hybridized carbons (Fsp3) is 0.409. The van der Waals surface area contributed by atoms with E-state index in [1.807, 2.05) is 35.3 Å². The fourth-order valence-corrected chi connectivity index (χ4v) is 4.58. The second kappa shape index (κ2) is 9.27. The molecule has 1 aliphatic rings. The predicted octanol–water partition coefficient (Wildman–Crippen LogP) is 3.63. The van der Waals surface area contributed by atoms with E-state index < -0.39 is 6.10 Å². The number of anilines is 2. The number of pyridine rings is 2. The quantitative estimate of drug-likeness (QED) is 0.419. The first-order valence-electron chi connectivity index (χ1n) is 10.9. The van der Waals surface area contributed by atoms with Crippen molar-refractivity contribution in [1.29, 1.82) is 0 Å². The third kappa shape index (κ3) is 4.77. The minimum atomic E-state index is -0.638. The highest BCUT2D eigenvalue weighted by molar-refractivity contribution is 7.15. The lowest BCUT2D eigenvalue weighted by Gasteiger charge is -2.13. The van der Waals surface area contributed by atoms with Crippen LogP contribution in [0.2, 0.25) is 0 Å². The van der Waals surface area contributed by atoms with Gasteiger partial charge in [-0.2, -0.15) is 5.10 Å². The van der Waals surface area contributed by atoms with Gasteiger partial charge in [-0.1, -0.05) is 11.3 Å². The number of hydrogen-bond acceptors (Lipinski definition) is 9. The van der Waals surface area contributed by atoms with Gasteiger partial charge in [-0.15, -0.1) is 10.2 Å². The molecule has 5 rings (SSSR count). The Morgan fingerprint density at radius 2 is 1.97 bits per heavy atom. The van der Waals surface area contributed by atoms with Crippen molar-refractivity contribution in [2.24, 2.45) is 0 Å². The van der Waals surface area contributed by atoms with Gasteiger partial charge in [0.15, 0.2) is 0 Å². The van der Waals surface area contributed by atoms with E-state index in [4.69, 9.17) is 0 Å². The van der Waals surface area contributed by atoms with Crippen molar-refractivity contribution in [2.45, 2.75) is 38.8 Å². The van der Waals surface area contributed by atoms with Crippen LogP contribution in [0, 0.1) is 0 Å². The van der Waals surface area contributed by atoms with Crippen molar-refractivity contribution >= 4 is 33.3 Å². The lowest BCUT2D eigenvalue weighted by atomic mass is 10.1. The van der Waals surface area contributed by atoms with Crippen LogP contribution >= 0.6 is 11.3 Å². The predicted molar refractivity (Wildman–Crippen MR) is 125 cm³/mol. The zero-order valence-electron chi connectivity index (χ0n) is 18.0. The second-order valence-electron chi connectivity index (χ2n) is 8.10. The Kier molecular flexibility index (Phi) is 6.06. The van der Waals surface area contributed by atoms with Gasteiger partial charge >= 0.3 is 0 Å². The summed E-state index contributed by atoms with van der Waals surface area (Å²) in [4.78, 5) is 11.8. The molecule has 9 nitrogen and oxygen atoms in total. The molecular formula is C22H26N8OS. The summed E-state index contributed by atoms with van der Waals surface area (Å²) in [6, 6.07) is 5.81. The third-order valence-electron chi connectivity index (χ3n) is 5.60. The maximum absolute atomic E-state index is 9.63. The molecule has 4 aromatic rings. The van der Waals surface area contributed by atoms with E-state index in [1.54, 1.807) is 6.92 Å². The van der Waals surface area contributed by atoms with Gasteiger partial charge in [-0.3, -0.25) is 9.67 Å². The van der Waals surface area contributed by atoms with Gasteiger partial charge < -0.3 is 15.3 Å². The van der Waals surface area contributed by atoms with Crippen molar-refractivity contribution in [3.05, 3.63) is 41.8 Å². The first kappa shape index (κ1) is 20.9. The van der Waals surface area contributed by atoms with Crippen molar-refractivity contribution in [2.75, 3.05) is 25.0 Å². The smallest absolute Gasteiger partial charge is 0.211 e. The molecule has 4 aromatic heterocycles. The standard InChI is InChI=1S/C22H26N8OS/c1-15(31)21-27-28-22(32-21)26-20-6-5-18-19(25-20)11-16(12-23-18)17-13-24-30(14-17)10-4-9-29-7-2-3-8-29/h5-6,11-15,31H,2-4,7-10H2,1H3,(H,25,26,28). The molecule has 0 saturated carbocycles. The Morgan fingerprint density at radius 1 is 1.09 bits per heavy atom. The number of fused-ring (bicyclic) bond motifs is 1. The number of hydrogen-bond donors (Lipinski definition) is 2. The van der Waals surface area contributed by atoms with Crippen molar-refractivity contribution < 1.29 is 5.11 Å².